The van der Waals surface area contributed by atoms with E-state index < -0.39 is 26.5 Å². The number of unbranched alkanes of at least 4 members (excludes halogenated alkanes) is 33. The first kappa shape index (κ1) is 63.5. The van der Waals surface area contributed by atoms with Crippen LogP contribution in [0.3, 0.4) is 0 Å². The zero-order valence-electron chi connectivity index (χ0n) is 43.5. The number of likely N-dealkylation sites (N-methyl/N-ethyl adjacent to an activating group) is 1. The minimum atomic E-state index is -4.38. The molecular formula is C55H107NO8P+. The second-order valence-corrected chi connectivity index (χ2v) is 21.4. The Labute approximate surface area is 402 Å². The molecule has 0 saturated heterocycles. The lowest BCUT2D eigenvalue weighted by Gasteiger charge is -2.24. The maximum absolute atomic E-state index is 12.7. The quantitative estimate of drug-likeness (QED) is 0.0211. The molecule has 0 aliphatic carbocycles. The zero-order chi connectivity index (χ0) is 47.8. The molecule has 0 heterocycles. The van der Waals surface area contributed by atoms with Crippen LogP contribution in [0.4, 0.5) is 0 Å². The molecule has 2 atom stereocenters. The van der Waals surface area contributed by atoms with Crippen molar-refractivity contribution < 1.29 is 42.1 Å². The van der Waals surface area contributed by atoms with Crippen molar-refractivity contribution in [3.8, 4) is 0 Å². The van der Waals surface area contributed by atoms with E-state index in [9.17, 15) is 19.0 Å². The van der Waals surface area contributed by atoms with Gasteiger partial charge in [-0.25, -0.2) is 4.57 Å². The summed E-state index contributed by atoms with van der Waals surface area (Å²) in [5, 5.41) is 0. The Morgan fingerprint density at radius 3 is 1.26 bits per heavy atom. The Morgan fingerprint density at radius 1 is 0.477 bits per heavy atom. The SMILES string of the molecule is CCCC/C=C\C/C=C\CCCCCCCC(=O)OC(COC(=O)CCCCCCCCCCCCCCCCCCCCCCCCCCCCC)COP(=O)(O)OCC[N+](C)(C)C. The summed E-state index contributed by atoms with van der Waals surface area (Å²) in [7, 11) is 1.48. The van der Waals surface area contributed by atoms with Crippen LogP contribution in [0.15, 0.2) is 24.3 Å². The topological polar surface area (TPSA) is 108 Å². The molecule has 0 aromatic carbocycles. The van der Waals surface area contributed by atoms with Crippen molar-refractivity contribution in [2.45, 2.75) is 270 Å². The number of nitrogens with zero attached hydrogens (tertiary/aromatic N) is 1. The van der Waals surface area contributed by atoms with Gasteiger partial charge in [0.15, 0.2) is 6.10 Å². The van der Waals surface area contributed by atoms with Gasteiger partial charge in [-0.05, 0) is 38.5 Å². The Bertz CT molecular complexity index is 1150. The first-order valence-corrected chi connectivity index (χ1v) is 29.1. The van der Waals surface area contributed by atoms with Gasteiger partial charge in [0.1, 0.15) is 19.8 Å². The standard InChI is InChI=1S/C55H106NO8P/c1-6-8-10-12-14-16-18-20-22-23-24-25-26-27-28-29-30-31-32-33-34-36-37-39-41-43-45-47-54(57)61-51-53(52-63-65(59,60)62-50-49-56(3,4)5)64-55(58)48-46-44-42-40-38-35-21-19-17-15-13-11-9-7-2/h13,15,19,21,53H,6-12,14,16-18,20,22-52H2,1-5H3/p+1/b15-13-,21-19-. The molecule has 9 nitrogen and oxygen atoms in total. The Hall–Kier alpha value is -1.51. The molecule has 0 amide bonds. The summed E-state index contributed by atoms with van der Waals surface area (Å²) < 4.78 is 34.5. The molecular weight excluding hydrogens is 834 g/mol. The molecule has 0 aliphatic rings. The number of hydrogen-bond donors (Lipinski definition) is 1. The molecule has 0 bridgehead atoms. The molecule has 0 saturated carbocycles. The van der Waals surface area contributed by atoms with E-state index in [1.165, 1.54) is 167 Å². The summed E-state index contributed by atoms with van der Waals surface area (Å²) in [6.07, 6.45) is 55.4. The van der Waals surface area contributed by atoms with Crippen LogP contribution in [0, 0.1) is 0 Å². The molecule has 0 aromatic heterocycles. The van der Waals surface area contributed by atoms with Crippen LogP contribution in [0.25, 0.3) is 0 Å². The zero-order valence-corrected chi connectivity index (χ0v) is 44.4. The third-order valence-electron chi connectivity index (χ3n) is 12.2. The minimum Gasteiger partial charge on any atom is -0.462 e. The van der Waals surface area contributed by atoms with E-state index >= 15 is 0 Å². The smallest absolute Gasteiger partial charge is 0.462 e. The average molecular weight is 941 g/mol. The minimum absolute atomic E-state index is 0.0309. The van der Waals surface area contributed by atoms with Gasteiger partial charge in [-0.2, -0.15) is 0 Å². The van der Waals surface area contributed by atoms with Crippen molar-refractivity contribution in [1.29, 1.82) is 0 Å². The van der Waals surface area contributed by atoms with Gasteiger partial charge in [0.25, 0.3) is 0 Å². The van der Waals surface area contributed by atoms with E-state index in [4.69, 9.17) is 18.5 Å². The molecule has 0 rings (SSSR count). The van der Waals surface area contributed by atoms with Crippen molar-refractivity contribution in [2.24, 2.45) is 0 Å². The van der Waals surface area contributed by atoms with Gasteiger partial charge >= 0.3 is 19.8 Å². The lowest BCUT2D eigenvalue weighted by Crippen LogP contribution is -2.37. The van der Waals surface area contributed by atoms with E-state index in [-0.39, 0.29) is 25.6 Å². The second kappa shape index (κ2) is 47.6. The molecule has 2 unspecified atom stereocenters. The predicted octanol–water partition coefficient (Wildman–Crippen LogP) is 16.6. The lowest BCUT2D eigenvalue weighted by atomic mass is 10.0. The van der Waals surface area contributed by atoms with Crippen molar-refractivity contribution in [3.05, 3.63) is 24.3 Å². The summed E-state index contributed by atoms with van der Waals surface area (Å²) in [4.78, 5) is 35.5. The van der Waals surface area contributed by atoms with E-state index in [0.29, 0.717) is 23.9 Å². The number of quaternary nitrogens is 1. The van der Waals surface area contributed by atoms with Crippen LogP contribution < -0.4 is 0 Å². The molecule has 1 N–H and O–H groups in total. The number of carbonyl (C=O) groups excluding carboxylic acids is 2. The molecule has 0 radical (unpaired) electrons. The number of esters is 2. The van der Waals surface area contributed by atoms with E-state index in [0.717, 1.165) is 64.2 Å². The molecule has 0 aliphatic heterocycles. The highest BCUT2D eigenvalue weighted by atomic mass is 31.2. The number of ether oxygens (including phenoxy) is 2. The molecule has 384 valence electrons. The predicted molar refractivity (Wildman–Crippen MR) is 275 cm³/mol. The van der Waals surface area contributed by atoms with Crippen molar-refractivity contribution in [1.82, 2.24) is 0 Å². The van der Waals surface area contributed by atoms with Gasteiger partial charge in [0, 0.05) is 12.8 Å². The van der Waals surface area contributed by atoms with Crippen molar-refractivity contribution in [3.63, 3.8) is 0 Å². The summed E-state index contributed by atoms with van der Waals surface area (Å²) in [6.45, 7) is 4.41. The van der Waals surface area contributed by atoms with Gasteiger partial charge in [0.2, 0.25) is 0 Å². The molecule has 65 heavy (non-hydrogen) atoms. The van der Waals surface area contributed by atoms with Gasteiger partial charge in [0.05, 0.1) is 27.7 Å². The maximum Gasteiger partial charge on any atom is 0.472 e. The monoisotopic (exact) mass is 941 g/mol. The van der Waals surface area contributed by atoms with Crippen molar-refractivity contribution >= 4 is 19.8 Å². The van der Waals surface area contributed by atoms with Gasteiger partial charge in [-0.15, -0.1) is 0 Å². The van der Waals surface area contributed by atoms with Crippen LogP contribution in [0.1, 0.15) is 264 Å². The number of phosphoric acid groups is 1. The largest absolute Gasteiger partial charge is 0.472 e. The Balaban J connectivity index is 4.07. The Kier molecular flexibility index (Phi) is 46.4. The first-order chi connectivity index (χ1) is 31.5. The highest BCUT2D eigenvalue weighted by molar-refractivity contribution is 7.47. The number of phosphoric ester groups is 1. The lowest BCUT2D eigenvalue weighted by molar-refractivity contribution is -0.870. The number of hydrogen-bond acceptors (Lipinski definition) is 7. The average Bonchev–Trinajstić information content (AvgIpc) is 3.26. The van der Waals surface area contributed by atoms with Crippen LogP contribution in [0.5, 0.6) is 0 Å². The summed E-state index contributed by atoms with van der Waals surface area (Å²) >= 11 is 0. The van der Waals surface area contributed by atoms with Gasteiger partial charge < -0.3 is 18.9 Å². The molecule has 10 heteroatoms. The normalized spacial score (nSPS) is 13.5. The molecule has 0 aromatic rings. The van der Waals surface area contributed by atoms with E-state index in [1.807, 2.05) is 21.1 Å². The maximum atomic E-state index is 12.7. The first-order valence-electron chi connectivity index (χ1n) is 27.6. The van der Waals surface area contributed by atoms with Crippen LogP contribution in [-0.2, 0) is 32.7 Å². The molecule has 0 fully saturated rings. The summed E-state index contributed by atoms with van der Waals surface area (Å²) in [5.74, 6) is -0.802. The highest BCUT2D eigenvalue weighted by Gasteiger charge is 2.27. The van der Waals surface area contributed by atoms with Crippen molar-refractivity contribution in [2.75, 3.05) is 47.5 Å². The Morgan fingerprint density at radius 2 is 0.846 bits per heavy atom. The number of allylic oxidation sites excluding steroid dienone is 4. The third kappa shape index (κ3) is 51.7. The second-order valence-electron chi connectivity index (χ2n) is 20.0. The fourth-order valence-corrected chi connectivity index (χ4v) is 8.66. The fourth-order valence-electron chi connectivity index (χ4n) is 7.92. The van der Waals surface area contributed by atoms with Gasteiger partial charge in [-0.1, -0.05) is 237 Å². The van der Waals surface area contributed by atoms with Crippen LogP contribution in [-0.4, -0.2) is 74.9 Å². The summed E-state index contributed by atoms with van der Waals surface area (Å²) in [6, 6.07) is 0. The number of rotatable bonds is 51. The van der Waals surface area contributed by atoms with Crippen LogP contribution in [0.2, 0.25) is 0 Å². The fraction of sp³-hybridized carbons (Fsp3) is 0.891. The third-order valence-corrected chi connectivity index (χ3v) is 13.2. The van der Waals surface area contributed by atoms with Gasteiger partial charge in [-0.3, -0.25) is 18.6 Å². The van der Waals surface area contributed by atoms with E-state index in [1.54, 1.807) is 0 Å². The van der Waals surface area contributed by atoms with Crippen LogP contribution >= 0.6 is 7.82 Å². The summed E-state index contributed by atoms with van der Waals surface area (Å²) in [5.41, 5.74) is 0. The highest BCUT2D eigenvalue weighted by Crippen LogP contribution is 2.43. The number of carbonyl (C=O) groups is 2. The molecule has 0 spiro atoms. The van der Waals surface area contributed by atoms with E-state index in [2.05, 4.69) is 38.2 Å².